The summed E-state index contributed by atoms with van der Waals surface area (Å²) in [6.07, 6.45) is 5.58. The van der Waals surface area contributed by atoms with E-state index in [2.05, 4.69) is 44.1 Å². The van der Waals surface area contributed by atoms with Crippen molar-refractivity contribution in [3.8, 4) is 0 Å². The highest BCUT2D eigenvalue weighted by Crippen LogP contribution is 2.50. The second-order valence-corrected chi connectivity index (χ2v) is 10.5. The quantitative estimate of drug-likeness (QED) is 0.459. The molecule has 7 nitrogen and oxygen atoms in total. The van der Waals surface area contributed by atoms with Gasteiger partial charge >= 0.3 is 0 Å². The minimum Gasteiger partial charge on any atom is -0.394 e. The summed E-state index contributed by atoms with van der Waals surface area (Å²) in [4.78, 5) is 28.2. The Hall–Kier alpha value is -2.64. The number of anilines is 2. The fourth-order valence-corrected chi connectivity index (χ4v) is 5.32. The molecule has 0 saturated heterocycles. The van der Waals surface area contributed by atoms with Crippen LogP contribution in [0.15, 0.2) is 36.4 Å². The van der Waals surface area contributed by atoms with Crippen LogP contribution in [-0.4, -0.2) is 47.8 Å². The molecule has 2 heterocycles. The van der Waals surface area contributed by atoms with Gasteiger partial charge in [0.05, 0.1) is 18.3 Å². The standard InChI is InChI=1S/C27H39N3O4/c1-8-26(6,13-9-10-16(2)3)19-11-12-20-21-22(19)29-25(33)27(21,34)14-18(15-31)28-24(32)23(17(4)5)30(20)7/h8,10-12,17-18,23,31,34H,1,9,13-15H2,2-7H3,(H,28,32)(H,29,33)/t18-,23+,26-,27+/m0/s1. The molecule has 34 heavy (non-hydrogen) atoms. The average Bonchev–Trinajstić information content (AvgIpc) is 3.03. The van der Waals surface area contributed by atoms with Crippen molar-refractivity contribution >= 4 is 23.2 Å². The molecule has 7 heteroatoms. The number of hydrogen-bond acceptors (Lipinski definition) is 5. The van der Waals surface area contributed by atoms with Crippen molar-refractivity contribution in [2.75, 3.05) is 23.9 Å². The summed E-state index contributed by atoms with van der Waals surface area (Å²) in [6, 6.07) is 2.56. The first-order chi connectivity index (χ1) is 15.9. The van der Waals surface area contributed by atoms with Crippen molar-refractivity contribution < 1.29 is 19.8 Å². The number of aliphatic hydroxyl groups is 2. The minimum absolute atomic E-state index is 0.0431. The molecule has 0 fully saturated rings. The van der Waals surface area contributed by atoms with Gasteiger partial charge in [-0.3, -0.25) is 9.59 Å². The molecule has 2 aliphatic heterocycles. The van der Waals surface area contributed by atoms with E-state index in [0.29, 0.717) is 16.9 Å². The van der Waals surface area contributed by atoms with Crippen LogP contribution in [0, 0.1) is 5.92 Å². The maximum atomic E-state index is 13.3. The van der Waals surface area contributed by atoms with Gasteiger partial charge in [-0.15, -0.1) is 6.58 Å². The lowest BCUT2D eigenvalue weighted by atomic mass is 9.75. The van der Waals surface area contributed by atoms with Crippen LogP contribution in [-0.2, 0) is 20.6 Å². The number of carbonyl (C=O) groups is 2. The summed E-state index contributed by atoms with van der Waals surface area (Å²) in [5, 5.41) is 27.5. The van der Waals surface area contributed by atoms with Gasteiger partial charge in [0.15, 0.2) is 5.60 Å². The molecule has 0 aromatic heterocycles. The van der Waals surface area contributed by atoms with Crippen LogP contribution < -0.4 is 15.5 Å². The zero-order valence-corrected chi connectivity index (χ0v) is 21.2. The number of benzene rings is 1. The van der Waals surface area contributed by atoms with E-state index in [-0.39, 0.29) is 24.9 Å². The normalized spacial score (nSPS) is 26.0. The largest absolute Gasteiger partial charge is 0.394 e. The lowest BCUT2D eigenvalue weighted by Gasteiger charge is -2.35. The summed E-state index contributed by atoms with van der Waals surface area (Å²) in [6.45, 7) is 13.8. The van der Waals surface area contributed by atoms with Gasteiger partial charge in [-0.1, -0.05) is 44.6 Å². The highest BCUT2D eigenvalue weighted by Gasteiger charge is 2.52. The van der Waals surface area contributed by atoms with Crippen LogP contribution in [0.2, 0.25) is 0 Å². The van der Waals surface area contributed by atoms with Crippen LogP contribution in [0.4, 0.5) is 11.4 Å². The Balaban J connectivity index is 2.26. The highest BCUT2D eigenvalue weighted by atomic mass is 16.3. The number of allylic oxidation sites excluding steroid dienone is 3. The van der Waals surface area contributed by atoms with E-state index in [4.69, 9.17) is 0 Å². The van der Waals surface area contributed by atoms with Crippen LogP contribution in [0.5, 0.6) is 0 Å². The third-order valence-corrected chi connectivity index (χ3v) is 7.30. The zero-order chi connectivity index (χ0) is 25.4. The molecule has 0 unspecified atom stereocenters. The number of carbonyl (C=O) groups excluding carboxylic acids is 2. The van der Waals surface area contributed by atoms with Gasteiger partial charge in [-0.05, 0) is 44.2 Å². The molecule has 2 aliphatic rings. The fraction of sp³-hybridized carbons (Fsp3) is 0.556. The lowest BCUT2D eigenvalue weighted by molar-refractivity contribution is -0.136. The zero-order valence-electron chi connectivity index (χ0n) is 21.2. The Labute approximate surface area is 202 Å². The number of amides is 2. The van der Waals surface area contributed by atoms with Crippen molar-refractivity contribution in [3.05, 3.63) is 47.6 Å². The molecule has 4 N–H and O–H groups in total. The van der Waals surface area contributed by atoms with E-state index in [1.54, 1.807) is 0 Å². The second kappa shape index (κ2) is 9.55. The molecular weight excluding hydrogens is 430 g/mol. The highest BCUT2D eigenvalue weighted by molar-refractivity contribution is 6.08. The second-order valence-electron chi connectivity index (χ2n) is 10.5. The maximum absolute atomic E-state index is 13.3. The third-order valence-electron chi connectivity index (χ3n) is 7.30. The van der Waals surface area contributed by atoms with Crippen LogP contribution >= 0.6 is 0 Å². The first-order valence-corrected chi connectivity index (χ1v) is 12.0. The third kappa shape index (κ3) is 4.39. The van der Waals surface area contributed by atoms with Gasteiger partial charge in [0, 0.05) is 30.1 Å². The molecule has 1 aromatic carbocycles. The fourth-order valence-electron chi connectivity index (χ4n) is 5.32. The summed E-state index contributed by atoms with van der Waals surface area (Å²) in [5.74, 6) is -0.828. The molecular formula is C27H39N3O4. The SMILES string of the molecule is C=C[C@@](C)(CCC=C(C)C)c1ccc2c3c1NC(=O)[C@@]3(O)C[C@@H](CO)NC(=O)[C@@H](C(C)C)N2C. The Morgan fingerprint density at radius 1 is 1.35 bits per heavy atom. The average molecular weight is 470 g/mol. The topological polar surface area (TPSA) is 102 Å². The van der Waals surface area contributed by atoms with Gasteiger partial charge in [-0.25, -0.2) is 0 Å². The van der Waals surface area contributed by atoms with Crippen LogP contribution in [0.25, 0.3) is 0 Å². The number of nitrogens with one attached hydrogen (secondary N) is 2. The first kappa shape index (κ1) is 26.0. The molecule has 4 atom stereocenters. The minimum atomic E-state index is -1.89. The number of aliphatic hydroxyl groups excluding tert-OH is 1. The number of hydrogen-bond donors (Lipinski definition) is 4. The van der Waals surface area contributed by atoms with Gasteiger partial charge < -0.3 is 25.7 Å². The van der Waals surface area contributed by atoms with E-state index in [1.165, 1.54) is 5.57 Å². The van der Waals surface area contributed by atoms with E-state index in [9.17, 15) is 19.8 Å². The molecule has 3 rings (SSSR count). The van der Waals surface area contributed by atoms with Crippen molar-refractivity contribution in [3.63, 3.8) is 0 Å². The molecule has 0 spiro atoms. The lowest BCUT2D eigenvalue weighted by Crippen LogP contribution is -2.52. The van der Waals surface area contributed by atoms with Crippen molar-refractivity contribution in [2.24, 2.45) is 5.92 Å². The van der Waals surface area contributed by atoms with E-state index in [1.807, 2.05) is 44.0 Å². The van der Waals surface area contributed by atoms with E-state index >= 15 is 0 Å². The van der Waals surface area contributed by atoms with E-state index < -0.39 is 29.0 Å². The van der Waals surface area contributed by atoms with Gasteiger partial charge in [-0.2, -0.15) is 0 Å². The molecule has 0 aliphatic carbocycles. The molecule has 0 radical (unpaired) electrons. The number of nitrogens with zero attached hydrogens (tertiary/aromatic N) is 1. The molecule has 2 amide bonds. The summed E-state index contributed by atoms with van der Waals surface area (Å²) < 4.78 is 0. The first-order valence-electron chi connectivity index (χ1n) is 12.0. The number of rotatable bonds is 7. The Kier molecular flexibility index (Phi) is 7.29. The molecule has 0 saturated carbocycles. The Bertz CT molecular complexity index is 1010. The van der Waals surface area contributed by atoms with Crippen LogP contribution in [0.3, 0.4) is 0 Å². The van der Waals surface area contributed by atoms with Gasteiger partial charge in [0.1, 0.15) is 6.04 Å². The van der Waals surface area contributed by atoms with Gasteiger partial charge in [0.2, 0.25) is 5.91 Å². The van der Waals surface area contributed by atoms with Gasteiger partial charge in [0.25, 0.3) is 5.91 Å². The van der Waals surface area contributed by atoms with E-state index in [0.717, 1.165) is 18.4 Å². The maximum Gasteiger partial charge on any atom is 0.261 e. The molecule has 186 valence electrons. The number of likely N-dealkylation sites (N-methyl/N-ethyl adjacent to an activating group) is 1. The summed E-state index contributed by atoms with van der Waals surface area (Å²) in [7, 11) is 1.81. The van der Waals surface area contributed by atoms with Crippen molar-refractivity contribution in [1.29, 1.82) is 0 Å². The predicted octanol–water partition coefficient (Wildman–Crippen LogP) is 3.36. The monoisotopic (exact) mass is 469 g/mol. The smallest absolute Gasteiger partial charge is 0.261 e. The predicted molar refractivity (Wildman–Crippen MR) is 136 cm³/mol. The molecule has 1 aromatic rings. The Morgan fingerprint density at radius 3 is 2.59 bits per heavy atom. The Morgan fingerprint density at radius 2 is 2.03 bits per heavy atom. The summed E-state index contributed by atoms with van der Waals surface area (Å²) >= 11 is 0. The van der Waals surface area contributed by atoms with Crippen LogP contribution in [0.1, 0.15) is 65.0 Å². The van der Waals surface area contributed by atoms with Crippen molar-refractivity contribution in [2.45, 2.75) is 77.0 Å². The summed E-state index contributed by atoms with van der Waals surface area (Å²) in [5.41, 5.74) is 1.45. The molecule has 0 bridgehead atoms. The van der Waals surface area contributed by atoms with Crippen molar-refractivity contribution in [1.82, 2.24) is 5.32 Å².